The van der Waals surface area contributed by atoms with Gasteiger partial charge >= 0.3 is 11.9 Å². The average Bonchev–Trinajstić information content (AvgIpc) is 2.54. The number of carbonyl (C=O) groups excluding carboxylic acids is 2. The third kappa shape index (κ3) is 4.18. The Labute approximate surface area is 123 Å². The highest BCUT2D eigenvalue weighted by Gasteiger charge is 2.12. The van der Waals surface area contributed by atoms with Gasteiger partial charge in [0, 0.05) is 5.56 Å². The lowest BCUT2D eigenvalue weighted by atomic mass is 10.1. The summed E-state index contributed by atoms with van der Waals surface area (Å²) in [4.78, 5) is 22.8. The van der Waals surface area contributed by atoms with Crippen LogP contribution >= 0.6 is 0 Å². The van der Waals surface area contributed by atoms with E-state index in [1.165, 1.54) is 7.11 Å². The van der Waals surface area contributed by atoms with E-state index < -0.39 is 11.9 Å². The fourth-order valence-corrected chi connectivity index (χ4v) is 1.89. The first kappa shape index (κ1) is 14.8. The van der Waals surface area contributed by atoms with Gasteiger partial charge in [0.05, 0.1) is 20.0 Å². The monoisotopic (exact) mass is 284 g/mol. The van der Waals surface area contributed by atoms with Crippen LogP contribution in [0.3, 0.4) is 0 Å². The van der Waals surface area contributed by atoms with Crippen LogP contribution in [0.4, 0.5) is 0 Å². The van der Waals surface area contributed by atoms with Crippen LogP contribution in [0, 0.1) is 0 Å². The van der Waals surface area contributed by atoms with E-state index in [4.69, 9.17) is 4.74 Å². The second-order valence-electron chi connectivity index (χ2n) is 4.41. The number of esters is 2. The number of methoxy groups -OCH3 is 1. The Balaban J connectivity index is 2.11. The summed E-state index contributed by atoms with van der Waals surface area (Å²) in [6, 6.07) is 17.0. The molecule has 0 N–H and O–H groups in total. The summed E-state index contributed by atoms with van der Waals surface area (Å²) in [5.74, 6) is -0.398. The van der Waals surface area contributed by atoms with Crippen molar-refractivity contribution in [1.29, 1.82) is 0 Å². The van der Waals surface area contributed by atoms with Crippen LogP contribution in [0.5, 0.6) is 5.75 Å². The van der Waals surface area contributed by atoms with Gasteiger partial charge in [-0.3, -0.25) is 9.59 Å². The van der Waals surface area contributed by atoms with E-state index in [2.05, 4.69) is 4.74 Å². The number of hydrogen-bond acceptors (Lipinski definition) is 4. The summed E-state index contributed by atoms with van der Waals surface area (Å²) >= 11 is 0. The maximum Gasteiger partial charge on any atom is 0.311 e. The number of ether oxygens (including phenoxy) is 2. The zero-order chi connectivity index (χ0) is 15.1. The summed E-state index contributed by atoms with van der Waals surface area (Å²) in [6.45, 7) is 0. The van der Waals surface area contributed by atoms with Gasteiger partial charge in [0.2, 0.25) is 0 Å². The third-order valence-electron chi connectivity index (χ3n) is 2.96. The molecule has 0 atom stereocenters. The SMILES string of the molecule is COC(=O)CCC(=O)Oc1ccccc1-c1ccccc1. The Morgan fingerprint density at radius 2 is 1.48 bits per heavy atom. The van der Waals surface area contributed by atoms with Gasteiger partial charge in [0.25, 0.3) is 0 Å². The fourth-order valence-electron chi connectivity index (χ4n) is 1.89. The molecule has 0 aliphatic carbocycles. The van der Waals surface area contributed by atoms with Crippen molar-refractivity contribution >= 4 is 11.9 Å². The number of benzene rings is 2. The Morgan fingerprint density at radius 1 is 0.857 bits per heavy atom. The standard InChI is InChI=1S/C17H16O4/c1-20-16(18)11-12-17(19)21-15-10-6-5-9-14(15)13-7-3-2-4-8-13/h2-10H,11-12H2,1H3. The molecule has 0 aliphatic rings. The van der Waals surface area contributed by atoms with Gasteiger partial charge in [0.1, 0.15) is 5.75 Å². The molecule has 0 amide bonds. The van der Waals surface area contributed by atoms with Crippen LogP contribution in [0.2, 0.25) is 0 Å². The highest BCUT2D eigenvalue weighted by atomic mass is 16.5. The van der Waals surface area contributed by atoms with E-state index in [9.17, 15) is 9.59 Å². The largest absolute Gasteiger partial charge is 0.469 e. The molecule has 21 heavy (non-hydrogen) atoms. The zero-order valence-corrected chi connectivity index (χ0v) is 11.7. The predicted molar refractivity (Wildman–Crippen MR) is 78.8 cm³/mol. The molecule has 0 spiro atoms. The fraction of sp³-hybridized carbons (Fsp3) is 0.176. The number of para-hydroxylation sites is 1. The lowest BCUT2D eigenvalue weighted by Gasteiger charge is -2.10. The van der Waals surface area contributed by atoms with Gasteiger partial charge in [-0.2, -0.15) is 0 Å². The van der Waals surface area contributed by atoms with Crippen LogP contribution < -0.4 is 4.74 Å². The Morgan fingerprint density at radius 3 is 2.19 bits per heavy atom. The van der Waals surface area contributed by atoms with E-state index >= 15 is 0 Å². The zero-order valence-electron chi connectivity index (χ0n) is 11.7. The van der Waals surface area contributed by atoms with E-state index in [0.717, 1.165) is 11.1 Å². The van der Waals surface area contributed by atoms with Crippen molar-refractivity contribution in [1.82, 2.24) is 0 Å². The Kier molecular flexibility index (Phi) is 5.10. The molecule has 0 radical (unpaired) electrons. The molecule has 4 heteroatoms. The molecule has 0 saturated heterocycles. The van der Waals surface area contributed by atoms with E-state index in [1.54, 1.807) is 12.1 Å². The highest BCUT2D eigenvalue weighted by Crippen LogP contribution is 2.29. The molecule has 108 valence electrons. The van der Waals surface area contributed by atoms with E-state index in [0.29, 0.717) is 5.75 Å². The molecule has 0 fully saturated rings. The van der Waals surface area contributed by atoms with Crippen LogP contribution in [0.1, 0.15) is 12.8 Å². The minimum absolute atomic E-state index is 0.00417. The number of hydrogen-bond donors (Lipinski definition) is 0. The smallest absolute Gasteiger partial charge is 0.311 e. The van der Waals surface area contributed by atoms with Crippen LogP contribution in [0.15, 0.2) is 54.6 Å². The number of carbonyl (C=O) groups is 2. The van der Waals surface area contributed by atoms with Gasteiger partial charge in [0.15, 0.2) is 0 Å². The molecule has 0 unspecified atom stereocenters. The van der Waals surface area contributed by atoms with Crippen molar-refractivity contribution in [3.05, 3.63) is 54.6 Å². The van der Waals surface area contributed by atoms with Gasteiger partial charge in [-0.25, -0.2) is 0 Å². The molecule has 0 aromatic heterocycles. The minimum Gasteiger partial charge on any atom is -0.469 e. The first-order valence-electron chi connectivity index (χ1n) is 6.62. The molecule has 2 aromatic carbocycles. The third-order valence-corrected chi connectivity index (χ3v) is 2.96. The molecule has 0 bridgehead atoms. The second-order valence-corrected chi connectivity index (χ2v) is 4.41. The normalized spacial score (nSPS) is 9.95. The van der Waals surface area contributed by atoms with Crippen molar-refractivity contribution in [3.63, 3.8) is 0 Å². The summed E-state index contributed by atoms with van der Waals surface area (Å²) in [5.41, 5.74) is 1.80. The first-order valence-corrected chi connectivity index (χ1v) is 6.62. The minimum atomic E-state index is -0.455. The molecule has 0 aliphatic heterocycles. The van der Waals surface area contributed by atoms with Crippen molar-refractivity contribution in [2.24, 2.45) is 0 Å². The number of rotatable bonds is 5. The quantitative estimate of drug-likeness (QED) is 0.625. The topological polar surface area (TPSA) is 52.6 Å². The van der Waals surface area contributed by atoms with Crippen molar-refractivity contribution in [3.8, 4) is 16.9 Å². The Bertz CT molecular complexity index is 620. The van der Waals surface area contributed by atoms with Gasteiger partial charge in [-0.1, -0.05) is 48.5 Å². The van der Waals surface area contributed by atoms with Crippen LogP contribution in [-0.2, 0) is 14.3 Å². The molecule has 4 nitrogen and oxygen atoms in total. The van der Waals surface area contributed by atoms with E-state index in [-0.39, 0.29) is 12.8 Å². The Hall–Kier alpha value is -2.62. The lowest BCUT2D eigenvalue weighted by molar-refractivity contribution is -0.144. The summed E-state index contributed by atoms with van der Waals surface area (Å²) in [7, 11) is 1.29. The maximum absolute atomic E-state index is 11.8. The van der Waals surface area contributed by atoms with Crippen molar-refractivity contribution in [2.45, 2.75) is 12.8 Å². The van der Waals surface area contributed by atoms with Gasteiger partial charge < -0.3 is 9.47 Å². The summed E-state index contributed by atoms with van der Waals surface area (Å²) < 4.78 is 9.85. The highest BCUT2D eigenvalue weighted by molar-refractivity contribution is 5.81. The van der Waals surface area contributed by atoms with Crippen LogP contribution in [0.25, 0.3) is 11.1 Å². The van der Waals surface area contributed by atoms with Crippen molar-refractivity contribution in [2.75, 3.05) is 7.11 Å². The summed E-state index contributed by atoms with van der Waals surface area (Å²) in [6.07, 6.45) is 0.0125. The molecule has 2 rings (SSSR count). The van der Waals surface area contributed by atoms with Crippen molar-refractivity contribution < 1.29 is 19.1 Å². The predicted octanol–water partition coefficient (Wildman–Crippen LogP) is 3.21. The lowest BCUT2D eigenvalue weighted by Crippen LogP contribution is -2.11. The van der Waals surface area contributed by atoms with Gasteiger partial charge in [-0.05, 0) is 11.6 Å². The molecular formula is C17H16O4. The molecule has 0 saturated carbocycles. The molecule has 0 heterocycles. The summed E-state index contributed by atoms with van der Waals surface area (Å²) in [5, 5.41) is 0. The average molecular weight is 284 g/mol. The second kappa shape index (κ2) is 7.24. The first-order chi connectivity index (χ1) is 10.2. The van der Waals surface area contributed by atoms with Gasteiger partial charge in [-0.15, -0.1) is 0 Å². The molecule has 2 aromatic rings. The van der Waals surface area contributed by atoms with E-state index in [1.807, 2.05) is 42.5 Å². The maximum atomic E-state index is 11.8. The van der Waals surface area contributed by atoms with Crippen LogP contribution in [-0.4, -0.2) is 19.0 Å². The molecular weight excluding hydrogens is 268 g/mol.